The first kappa shape index (κ1) is 23.3. The summed E-state index contributed by atoms with van der Waals surface area (Å²) in [5.41, 5.74) is 2.74. The van der Waals surface area contributed by atoms with E-state index in [-0.39, 0.29) is 30.7 Å². The van der Waals surface area contributed by atoms with E-state index in [0.29, 0.717) is 9.90 Å². The third-order valence-electron chi connectivity index (χ3n) is 4.87. The van der Waals surface area contributed by atoms with Crippen molar-refractivity contribution >= 4 is 81.1 Å². The molecular formula is C21H20Cl3N5OS. The van der Waals surface area contributed by atoms with Gasteiger partial charge >= 0.3 is 0 Å². The van der Waals surface area contributed by atoms with Crippen LogP contribution in [-0.2, 0) is 0 Å². The molecule has 0 fully saturated rings. The molecule has 10 heteroatoms. The number of benzene rings is 2. The number of carbonyl (C=O) groups is 1. The van der Waals surface area contributed by atoms with Crippen LogP contribution in [-0.4, -0.2) is 43.8 Å². The lowest BCUT2D eigenvalue weighted by molar-refractivity contribution is 0.103. The number of hydrogen-bond acceptors (Lipinski definition) is 6. The van der Waals surface area contributed by atoms with Crippen LogP contribution in [0.4, 0.5) is 5.69 Å². The van der Waals surface area contributed by atoms with E-state index in [0.717, 1.165) is 64.8 Å². The quantitative estimate of drug-likeness (QED) is 0.502. The van der Waals surface area contributed by atoms with Crippen LogP contribution in [0.1, 0.15) is 20.8 Å². The summed E-state index contributed by atoms with van der Waals surface area (Å²) < 4.78 is 0.967. The van der Waals surface area contributed by atoms with E-state index in [1.165, 1.54) is 11.3 Å². The third-order valence-corrected chi connectivity index (χ3v) is 6.53. The second-order valence-electron chi connectivity index (χ2n) is 6.80. The molecule has 0 saturated heterocycles. The number of nitrogens with one attached hydrogen (secondary N) is 3. The topological polar surface area (TPSA) is 77.9 Å². The molecule has 162 valence electrons. The van der Waals surface area contributed by atoms with E-state index in [1.807, 2.05) is 42.5 Å². The van der Waals surface area contributed by atoms with Crippen LogP contribution in [0.15, 0.2) is 52.4 Å². The van der Waals surface area contributed by atoms with Gasteiger partial charge in [-0.25, -0.2) is 0 Å². The predicted molar refractivity (Wildman–Crippen MR) is 135 cm³/mol. The van der Waals surface area contributed by atoms with E-state index in [4.69, 9.17) is 11.6 Å². The van der Waals surface area contributed by atoms with Crippen molar-refractivity contribution in [2.45, 2.75) is 0 Å². The Morgan fingerprint density at radius 3 is 2.16 bits per heavy atom. The Balaban J connectivity index is 0.00000136. The Labute approximate surface area is 201 Å². The van der Waals surface area contributed by atoms with Crippen molar-refractivity contribution in [3.05, 3.63) is 63.5 Å². The monoisotopic (exact) mass is 495 g/mol. The average molecular weight is 497 g/mol. The molecule has 2 aromatic carbocycles. The van der Waals surface area contributed by atoms with Crippen LogP contribution >= 0.6 is 47.8 Å². The molecule has 0 spiro atoms. The fourth-order valence-corrected chi connectivity index (χ4v) is 4.89. The Bertz CT molecular complexity index is 1170. The van der Waals surface area contributed by atoms with Gasteiger partial charge in [0.05, 0.1) is 18.1 Å². The van der Waals surface area contributed by atoms with Gasteiger partial charge in [0.2, 0.25) is 0 Å². The molecule has 0 saturated carbocycles. The predicted octanol–water partition coefficient (Wildman–Crippen LogP) is 4.35. The minimum Gasteiger partial charge on any atom is -0.368 e. The standard InChI is InChI=1S/C21H18ClN5OS.2ClH/c22-17-15-6-3-13(20-25-9-10-26-20)11-16(15)29-18(17)21(28)27-14-4-1-12(2-5-14)19-23-7-8-24-19;;/h1-6,11H,7-10H2,(H,23,24)(H,25,26)(H,27,28);2*1H. The molecule has 3 N–H and O–H groups in total. The Hall–Kier alpha value is -2.32. The molecular weight excluding hydrogens is 477 g/mol. The number of fused-ring (bicyclic) bond motifs is 1. The number of aliphatic imine (C=N–C) groups is 2. The minimum atomic E-state index is -0.210. The van der Waals surface area contributed by atoms with Crippen LogP contribution in [0.25, 0.3) is 10.1 Å². The summed E-state index contributed by atoms with van der Waals surface area (Å²) in [7, 11) is 0. The number of nitrogens with zero attached hydrogens (tertiary/aromatic N) is 2. The molecule has 3 heterocycles. The fourth-order valence-electron chi connectivity index (χ4n) is 3.44. The first-order valence-electron chi connectivity index (χ1n) is 9.40. The van der Waals surface area contributed by atoms with Crippen molar-refractivity contribution in [1.82, 2.24) is 10.6 Å². The first-order valence-corrected chi connectivity index (χ1v) is 10.6. The lowest BCUT2D eigenvalue weighted by Gasteiger charge is -2.06. The lowest BCUT2D eigenvalue weighted by Crippen LogP contribution is -2.19. The van der Waals surface area contributed by atoms with Gasteiger partial charge in [-0.15, -0.1) is 36.2 Å². The van der Waals surface area contributed by atoms with E-state index in [9.17, 15) is 4.79 Å². The van der Waals surface area contributed by atoms with Gasteiger partial charge in [-0.1, -0.05) is 23.7 Å². The number of amides is 1. The maximum atomic E-state index is 12.8. The highest BCUT2D eigenvalue weighted by molar-refractivity contribution is 7.21. The lowest BCUT2D eigenvalue weighted by atomic mass is 10.1. The summed E-state index contributed by atoms with van der Waals surface area (Å²) in [5, 5.41) is 10.8. The summed E-state index contributed by atoms with van der Waals surface area (Å²) in [6.07, 6.45) is 0. The molecule has 1 aromatic heterocycles. The molecule has 5 rings (SSSR count). The molecule has 3 aromatic rings. The number of rotatable bonds is 4. The second kappa shape index (κ2) is 9.87. The molecule has 2 aliphatic heterocycles. The maximum Gasteiger partial charge on any atom is 0.267 e. The van der Waals surface area contributed by atoms with E-state index >= 15 is 0 Å². The van der Waals surface area contributed by atoms with E-state index in [2.05, 4.69) is 25.9 Å². The normalized spacial score (nSPS) is 14.6. The van der Waals surface area contributed by atoms with E-state index < -0.39 is 0 Å². The van der Waals surface area contributed by atoms with Gasteiger partial charge < -0.3 is 16.0 Å². The van der Waals surface area contributed by atoms with Crippen molar-refractivity contribution in [1.29, 1.82) is 0 Å². The molecule has 0 atom stereocenters. The van der Waals surface area contributed by atoms with Crippen LogP contribution in [0.3, 0.4) is 0 Å². The van der Waals surface area contributed by atoms with Gasteiger partial charge in [-0.05, 0) is 30.3 Å². The molecule has 0 bridgehead atoms. The molecule has 2 aliphatic rings. The zero-order valence-electron chi connectivity index (χ0n) is 16.3. The van der Waals surface area contributed by atoms with Crippen molar-refractivity contribution in [3.63, 3.8) is 0 Å². The number of amidine groups is 2. The smallest absolute Gasteiger partial charge is 0.267 e. The Morgan fingerprint density at radius 2 is 1.55 bits per heavy atom. The largest absolute Gasteiger partial charge is 0.368 e. The van der Waals surface area contributed by atoms with Gasteiger partial charge in [-0.2, -0.15) is 0 Å². The number of carbonyl (C=O) groups excluding carboxylic acids is 1. The molecule has 6 nitrogen and oxygen atoms in total. The maximum absolute atomic E-state index is 12.8. The van der Waals surface area contributed by atoms with Crippen molar-refractivity contribution in [2.75, 3.05) is 31.5 Å². The zero-order chi connectivity index (χ0) is 19.8. The number of anilines is 1. The van der Waals surface area contributed by atoms with E-state index in [1.54, 1.807) is 0 Å². The molecule has 31 heavy (non-hydrogen) atoms. The molecule has 0 radical (unpaired) electrons. The van der Waals surface area contributed by atoms with Crippen molar-refractivity contribution in [2.24, 2.45) is 9.98 Å². The number of halogens is 3. The first-order chi connectivity index (χ1) is 14.2. The summed E-state index contributed by atoms with van der Waals surface area (Å²) >= 11 is 7.91. The van der Waals surface area contributed by atoms with Crippen LogP contribution in [0.2, 0.25) is 5.02 Å². The number of hydrogen-bond donors (Lipinski definition) is 3. The SMILES string of the molecule is Cl.Cl.O=C(Nc1ccc(C2=NCCN2)cc1)c1sc2cc(C3=NCCN3)ccc2c1Cl. The van der Waals surface area contributed by atoms with Crippen LogP contribution < -0.4 is 16.0 Å². The summed E-state index contributed by atoms with van der Waals surface area (Å²) in [5.74, 6) is 1.58. The van der Waals surface area contributed by atoms with Gasteiger partial charge in [0.15, 0.2) is 0 Å². The highest BCUT2D eigenvalue weighted by Gasteiger charge is 2.19. The van der Waals surface area contributed by atoms with Crippen molar-refractivity contribution < 1.29 is 4.79 Å². The highest BCUT2D eigenvalue weighted by Crippen LogP contribution is 2.36. The summed E-state index contributed by atoms with van der Waals surface area (Å²) in [6, 6.07) is 13.6. The third kappa shape index (κ3) is 4.65. The molecule has 0 aliphatic carbocycles. The average Bonchev–Trinajstić information content (AvgIpc) is 3.50. The Morgan fingerprint density at radius 1 is 0.935 bits per heavy atom. The van der Waals surface area contributed by atoms with Gasteiger partial charge in [-0.3, -0.25) is 14.8 Å². The summed E-state index contributed by atoms with van der Waals surface area (Å²) in [4.78, 5) is 22.2. The van der Waals surface area contributed by atoms with Gasteiger partial charge in [0.25, 0.3) is 5.91 Å². The van der Waals surface area contributed by atoms with Crippen LogP contribution in [0.5, 0.6) is 0 Å². The number of thiophene rings is 1. The minimum absolute atomic E-state index is 0. The molecule has 1 amide bonds. The second-order valence-corrected chi connectivity index (χ2v) is 8.23. The summed E-state index contributed by atoms with van der Waals surface area (Å²) in [6.45, 7) is 3.30. The van der Waals surface area contributed by atoms with Crippen molar-refractivity contribution in [3.8, 4) is 0 Å². The zero-order valence-corrected chi connectivity index (χ0v) is 19.5. The van der Waals surface area contributed by atoms with Gasteiger partial charge in [0, 0.05) is 40.0 Å². The fraction of sp³-hybridized carbons (Fsp3) is 0.190. The van der Waals surface area contributed by atoms with Crippen LogP contribution in [0, 0.1) is 0 Å². The highest BCUT2D eigenvalue weighted by atomic mass is 35.5. The molecule has 0 unspecified atom stereocenters. The van der Waals surface area contributed by atoms with Gasteiger partial charge in [0.1, 0.15) is 16.5 Å². The Kier molecular flexibility index (Phi) is 7.43.